The fourth-order valence-corrected chi connectivity index (χ4v) is 5.77. The molecule has 36 heavy (non-hydrogen) atoms. The summed E-state index contributed by atoms with van der Waals surface area (Å²) in [6.45, 7) is 0.522. The molecule has 2 heterocycles. The van der Waals surface area contributed by atoms with Gasteiger partial charge in [0.15, 0.2) is 11.6 Å². The van der Waals surface area contributed by atoms with Crippen molar-refractivity contribution in [2.75, 3.05) is 13.2 Å². The second-order valence-corrected chi connectivity index (χ2v) is 9.43. The van der Waals surface area contributed by atoms with E-state index in [0.29, 0.717) is 22.6 Å². The average Bonchev–Trinajstić information content (AvgIpc) is 2.94. The zero-order valence-corrected chi connectivity index (χ0v) is 19.7. The number of carbonyl (C=O) groups is 2. The van der Waals surface area contributed by atoms with Crippen molar-refractivity contribution in [2.45, 2.75) is 11.8 Å². The summed E-state index contributed by atoms with van der Waals surface area (Å²) in [4.78, 5) is 27.9. The molecular formula is C32H26O4. The van der Waals surface area contributed by atoms with E-state index in [1.165, 1.54) is 0 Å². The number of carbonyl (C=O) groups excluding carboxylic acids is 2. The maximum absolute atomic E-state index is 13.9. The molecule has 6 rings (SSSR count). The summed E-state index contributed by atoms with van der Waals surface area (Å²) in [7, 11) is 0. The van der Waals surface area contributed by atoms with Gasteiger partial charge >= 0.3 is 0 Å². The number of hydrogen-bond donors (Lipinski definition) is 0. The Morgan fingerprint density at radius 3 is 1.28 bits per heavy atom. The van der Waals surface area contributed by atoms with Gasteiger partial charge in [-0.15, -0.1) is 0 Å². The summed E-state index contributed by atoms with van der Waals surface area (Å²) in [5, 5.41) is 0. The number of fused-ring (bicyclic) bond motifs is 2. The molecular weight excluding hydrogens is 448 g/mol. The SMILES string of the molecule is O=C1c2ccccc2OC[C@H]1[C@H](c1ccccc1)[C@@H](c1ccccc1)[C@@H]1COc2ccccc2C1=O. The molecule has 4 aromatic carbocycles. The lowest BCUT2D eigenvalue weighted by molar-refractivity contribution is 0.0672. The summed E-state index contributed by atoms with van der Waals surface area (Å²) >= 11 is 0. The second-order valence-electron chi connectivity index (χ2n) is 9.43. The first-order chi connectivity index (χ1) is 17.7. The van der Waals surface area contributed by atoms with Crippen molar-refractivity contribution in [1.82, 2.24) is 0 Å². The van der Waals surface area contributed by atoms with E-state index in [1.807, 2.05) is 84.9 Å². The molecule has 4 heteroatoms. The highest BCUT2D eigenvalue weighted by atomic mass is 16.5. The maximum atomic E-state index is 13.9. The molecule has 0 fully saturated rings. The third-order valence-electron chi connectivity index (χ3n) is 7.44. The smallest absolute Gasteiger partial charge is 0.173 e. The van der Waals surface area contributed by atoms with Crippen LogP contribution in [0.2, 0.25) is 0 Å². The van der Waals surface area contributed by atoms with Crippen LogP contribution in [0.15, 0.2) is 109 Å². The number of hydrogen-bond acceptors (Lipinski definition) is 4. The predicted molar refractivity (Wildman–Crippen MR) is 138 cm³/mol. The molecule has 0 saturated heterocycles. The van der Waals surface area contributed by atoms with Gasteiger partial charge in [0.2, 0.25) is 0 Å². The first kappa shape index (κ1) is 22.3. The van der Waals surface area contributed by atoms with Crippen LogP contribution in [0.4, 0.5) is 0 Å². The molecule has 0 aliphatic carbocycles. The predicted octanol–water partition coefficient (Wildman–Crippen LogP) is 6.34. The summed E-state index contributed by atoms with van der Waals surface area (Å²) in [6, 6.07) is 34.9. The van der Waals surface area contributed by atoms with Crippen LogP contribution in [-0.4, -0.2) is 24.8 Å². The Morgan fingerprint density at radius 1 is 0.500 bits per heavy atom. The number of ether oxygens (including phenoxy) is 2. The lowest BCUT2D eigenvalue weighted by Gasteiger charge is -2.40. The van der Waals surface area contributed by atoms with Gasteiger partial charge in [-0.1, -0.05) is 84.9 Å². The van der Waals surface area contributed by atoms with Crippen LogP contribution in [0.25, 0.3) is 0 Å². The summed E-state index contributed by atoms with van der Waals surface area (Å²) in [5.74, 6) is -0.113. The maximum Gasteiger partial charge on any atom is 0.173 e. The van der Waals surface area contributed by atoms with Gasteiger partial charge in [0, 0.05) is 11.8 Å². The molecule has 0 saturated carbocycles. The van der Waals surface area contributed by atoms with Gasteiger partial charge in [-0.25, -0.2) is 0 Å². The minimum atomic E-state index is -0.447. The van der Waals surface area contributed by atoms with Gasteiger partial charge in [-0.2, -0.15) is 0 Å². The summed E-state index contributed by atoms with van der Waals surface area (Å²) in [6.07, 6.45) is 0. The first-order valence-corrected chi connectivity index (χ1v) is 12.3. The van der Waals surface area contributed by atoms with E-state index in [-0.39, 0.29) is 36.6 Å². The van der Waals surface area contributed by atoms with Crippen LogP contribution in [-0.2, 0) is 0 Å². The van der Waals surface area contributed by atoms with Gasteiger partial charge in [0.1, 0.15) is 11.5 Å². The number of benzene rings is 4. The molecule has 4 nitrogen and oxygen atoms in total. The van der Waals surface area contributed by atoms with Gasteiger partial charge in [0.25, 0.3) is 0 Å². The van der Waals surface area contributed by atoms with Crippen molar-refractivity contribution in [3.05, 3.63) is 131 Å². The molecule has 0 unspecified atom stereocenters. The highest BCUT2D eigenvalue weighted by Crippen LogP contribution is 2.48. The fraction of sp³-hybridized carbons (Fsp3) is 0.188. The lowest BCUT2D eigenvalue weighted by atomic mass is 9.65. The van der Waals surface area contributed by atoms with Gasteiger partial charge in [0.05, 0.1) is 36.2 Å². The van der Waals surface area contributed by atoms with Crippen LogP contribution >= 0.6 is 0 Å². The van der Waals surface area contributed by atoms with Crippen molar-refractivity contribution in [3.8, 4) is 11.5 Å². The van der Waals surface area contributed by atoms with E-state index in [0.717, 1.165) is 11.1 Å². The van der Waals surface area contributed by atoms with Crippen molar-refractivity contribution in [3.63, 3.8) is 0 Å². The Hall–Kier alpha value is -4.18. The Labute approximate surface area is 210 Å². The van der Waals surface area contributed by atoms with E-state index < -0.39 is 11.8 Å². The average molecular weight is 475 g/mol. The highest BCUT2D eigenvalue weighted by molar-refractivity contribution is 6.03. The molecule has 0 bridgehead atoms. The standard InChI is InChI=1S/C32H26O4/c33-31-23-15-7-9-17-27(23)35-19-25(31)29(21-11-3-1-4-12-21)30(22-13-5-2-6-14-22)26-20-36-28-18-10-8-16-24(28)32(26)34/h1-18,25-26,29-30H,19-20H2/t25-,26-,29-,30-/m0/s1. The third kappa shape index (κ3) is 3.89. The molecule has 178 valence electrons. The molecule has 0 radical (unpaired) electrons. The van der Waals surface area contributed by atoms with E-state index >= 15 is 0 Å². The van der Waals surface area contributed by atoms with E-state index in [2.05, 4.69) is 24.3 Å². The largest absolute Gasteiger partial charge is 0.492 e. The van der Waals surface area contributed by atoms with Crippen molar-refractivity contribution in [2.24, 2.45) is 11.8 Å². The Kier molecular flexibility index (Phi) is 5.86. The fourth-order valence-electron chi connectivity index (χ4n) is 5.77. The summed E-state index contributed by atoms with van der Waals surface area (Å²) in [5.41, 5.74) is 3.22. The quantitative estimate of drug-likeness (QED) is 0.339. The van der Waals surface area contributed by atoms with Crippen LogP contribution in [0.3, 0.4) is 0 Å². The molecule has 4 aromatic rings. The normalized spacial score (nSPS) is 20.3. The zero-order chi connectivity index (χ0) is 24.5. The molecule has 0 amide bonds. The van der Waals surface area contributed by atoms with Crippen LogP contribution < -0.4 is 9.47 Å². The van der Waals surface area contributed by atoms with E-state index in [1.54, 1.807) is 0 Å². The zero-order valence-electron chi connectivity index (χ0n) is 19.7. The molecule has 0 aromatic heterocycles. The van der Waals surface area contributed by atoms with Crippen molar-refractivity contribution in [1.29, 1.82) is 0 Å². The molecule has 2 aliphatic heterocycles. The van der Waals surface area contributed by atoms with Gasteiger partial charge < -0.3 is 9.47 Å². The minimum absolute atomic E-state index is 0.0520. The number of para-hydroxylation sites is 2. The summed E-state index contributed by atoms with van der Waals surface area (Å²) < 4.78 is 12.3. The van der Waals surface area contributed by atoms with Gasteiger partial charge in [-0.3, -0.25) is 9.59 Å². The molecule has 0 N–H and O–H groups in total. The van der Waals surface area contributed by atoms with Crippen LogP contribution in [0.1, 0.15) is 43.7 Å². The minimum Gasteiger partial charge on any atom is -0.492 e. The van der Waals surface area contributed by atoms with E-state index in [9.17, 15) is 9.59 Å². The van der Waals surface area contributed by atoms with Crippen LogP contribution in [0.5, 0.6) is 11.5 Å². The molecule has 0 spiro atoms. The number of Topliss-reactive ketones (excluding diaryl/α,β-unsaturated/α-hetero) is 2. The third-order valence-corrected chi connectivity index (χ3v) is 7.44. The van der Waals surface area contributed by atoms with Crippen LogP contribution in [0, 0.1) is 11.8 Å². The first-order valence-electron chi connectivity index (χ1n) is 12.3. The number of rotatable bonds is 5. The Balaban J connectivity index is 1.51. The highest BCUT2D eigenvalue weighted by Gasteiger charge is 2.46. The molecule has 4 atom stereocenters. The Bertz CT molecular complexity index is 1290. The lowest BCUT2D eigenvalue weighted by Crippen LogP contribution is -2.41. The monoisotopic (exact) mass is 474 g/mol. The topological polar surface area (TPSA) is 52.6 Å². The van der Waals surface area contributed by atoms with Crippen molar-refractivity contribution < 1.29 is 19.1 Å². The van der Waals surface area contributed by atoms with Crippen molar-refractivity contribution >= 4 is 11.6 Å². The molecule has 2 aliphatic rings. The Morgan fingerprint density at radius 2 is 0.861 bits per heavy atom. The second kappa shape index (κ2) is 9.46. The van der Waals surface area contributed by atoms with Gasteiger partial charge in [-0.05, 0) is 35.4 Å². The van der Waals surface area contributed by atoms with E-state index in [4.69, 9.17) is 9.47 Å². The number of ketones is 2.